The van der Waals surface area contributed by atoms with Crippen molar-refractivity contribution in [3.05, 3.63) is 43.0 Å². The van der Waals surface area contributed by atoms with Crippen LogP contribution in [0.5, 0.6) is 11.8 Å². The molecular weight excluding hydrogens is 666 g/mol. The van der Waals surface area contributed by atoms with Crippen LogP contribution >= 0.6 is 0 Å². The van der Waals surface area contributed by atoms with Gasteiger partial charge in [0.2, 0.25) is 33.6 Å². The molecular formula is C35H47N5O9S. The van der Waals surface area contributed by atoms with Crippen molar-refractivity contribution >= 4 is 44.6 Å². The van der Waals surface area contributed by atoms with Crippen LogP contribution in [0, 0.1) is 11.3 Å². The Bertz CT molecular complexity index is 1800. The Balaban J connectivity index is 1.46. The predicted octanol–water partition coefficient (Wildman–Crippen LogP) is 3.20. The number of carbonyl (C=O) groups excluding carboxylic acids is 4. The van der Waals surface area contributed by atoms with Gasteiger partial charge in [-0.3, -0.25) is 19.1 Å². The molecule has 3 fully saturated rings. The summed E-state index contributed by atoms with van der Waals surface area (Å²) >= 11 is 0. The second kappa shape index (κ2) is 13.4. The number of ether oxygens (including phenoxy) is 3. The molecule has 2 heterocycles. The van der Waals surface area contributed by atoms with E-state index in [1.165, 1.54) is 18.1 Å². The number of benzene rings is 1. The van der Waals surface area contributed by atoms with Gasteiger partial charge in [0, 0.05) is 23.8 Å². The molecule has 3 N–H and O–H groups in total. The summed E-state index contributed by atoms with van der Waals surface area (Å²) < 4.78 is 44.7. The van der Waals surface area contributed by atoms with Gasteiger partial charge >= 0.3 is 6.09 Å². The molecule has 0 bridgehead atoms. The first-order valence-corrected chi connectivity index (χ1v) is 18.2. The topological polar surface area (TPSA) is 182 Å². The van der Waals surface area contributed by atoms with E-state index < -0.39 is 79.7 Å². The minimum absolute atomic E-state index is 0.00488. The molecule has 5 atom stereocenters. The lowest BCUT2D eigenvalue weighted by Gasteiger charge is -2.36. The molecule has 5 rings (SSSR count). The monoisotopic (exact) mass is 713 g/mol. The summed E-state index contributed by atoms with van der Waals surface area (Å²) in [6, 6.07) is 6.89. The largest absolute Gasteiger partial charge is 0.481 e. The number of hydrogen-bond donors (Lipinski definition) is 3. The van der Waals surface area contributed by atoms with Crippen LogP contribution in [-0.4, -0.2) is 90.3 Å². The van der Waals surface area contributed by atoms with Gasteiger partial charge in [-0.15, -0.1) is 6.58 Å². The zero-order chi connectivity index (χ0) is 36.8. The lowest BCUT2D eigenvalue weighted by molar-refractivity contribution is -0.143. The normalized spacial score (nSPS) is 24.1. The average molecular weight is 714 g/mol. The molecule has 2 saturated carbocycles. The summed E-state index contributed by atoms with van der Waals surface area (Å²) in [7, 11) is -2.41. The molecule has 1 saturated heterocycles. The summed E-state index contributed by atoms with van der Waals surface area (Å²) in [5.74, 6) is -2.07. The van der Waals surface area contributed by atoms with Crippen LogP contribution in [0.4, 0.5) is 4.79 Å². The average Bonchev–Trinajstić information content (AvgIpc) is 3.95. The number of nitrogens with zero attached hydrogens (tertiary/aromatic N) is 2. The van der Waals surface area contributed by atoms with E-state index in [9.17, 15) is 27.6 Å². The van der Waals surface area contributed by atoms with Gasteiger partial charge in [-0.25, -0.2) is 13.2 Å². The van der Waals surface area contributed by atoms with Crippen molar-refractivity contribution < 1.29 is 41.8 Å². The van der Waals surface area contributed by atoms with Crippen molar-refractivity contribution in [3.8, 4) is 11.8 Å². The standard InChI is InChI=1S/C35H47N5O9S/c1-9-21-18-35(21,31(43)39-50(45,46)23-14-15-23)38-28(41)25-17-22(48-29-24-13-11-10-12-20(24)16-26(36-29)47-8)19-40(25)30(42)27(33(2,3)4)37-32(44)49-34(5,6)7/h9-13,16,21-23,25,27H,1,14-15,17-19H2,2-8H3,(H,37,44)(H,38,41)(H,39,43)/t21-,22-,25+,27-,35-/m1/s1. The Kier molecular flexibility index (Phi) is 9.87. The third-order valence-electron chi connectivity index (χ3n) is 9.04. The number of aromatic nitrogens is 1. The molecule has 0 radical (unpaired) electrons. The number of rotatable bonds is 11. The Morgan fingerprint density at radius 2 is 1.78 bits per heavy atom. The molecule has 2 aromatic rings. The maximum atomic E-state index is 14.4. The van der Waals surface area contributed by atoms with Gasteiger partial charge < -0.3 is 29.7 Å². The zero-order valence-corrected chi connectivity index (χ0v) is 30.4. The molecule has 15 heteroatoms. The van der Waals surface area contributed by atoms with Crippen LogP contribution in [0.2, 0.25) is 0 Å². The molecule has 50 heavy (non-hydrogen) atoms. The van der Waals surface area contributed by atoms with Crippen molar-refractivity contribution in [1.29, 1.82) is 0 Å². The van der Waals surface area contributed by atoms with Crippen LogP contribution in [0.3, 0.4) is 0 Å². The fraction of sp³-hybridized carbons (Fsp3) is 0.571. The lowest BCUT2D eigenvalue weighted by atomic mass is 9.85. The van der Waals surface area contributed by atoms with Crippen molar-refractivity contribution in [2.45, 2.75) is 102 Å². The Hall–Kier alpha value is -4.40. The summed E-state index contributed by atoms with van der Waals surface area (Å²) in [5.41, 5.74) is -3.21. The molecule has 0 unspecified atom stereocenters. The van der Waals surface area contributed by atoms with Gasteiger partial charge in [-0.2, -0.15) is 4.98 Å². The number of nitrogens with one attached hydrogen (secondary N) is 3. The second-order valence-electron chi connectivity index (χ2n) is 15.3. The van der Waals surface area contributed by atoms with Gasteiger partial charge in [0.25, 0.3) is 5.91 Å². The van der Waals surface area contributed by atoms with Gasteiger partial charge in [0.15, 0.2) is 0 Å². The third-order valence-corrected chi connectivity index (χ3v) is 10.9. The number of sulfonamides is 1. The fourth-order valence-corrected chi connectivity index (χ4v) is 7.49. The number of alkyl carbamates (subject to hydrolysis) is 1. The highest BCUT2D eigenvalue weighted by atomic mass is 32.2. The highest BCUT2D eigenvalue weighted by Gasteiger charge is 2.62. The van der Waals surface area contributed by atoms with Crippen LogP contribution in [0.25, 0.3) is 10.8 Å². The molecule has 14 nitrogen and oxygen atoms in total. The lowest BCUT2D eigenvalue weighted by Crippen LogP contribution is -2.60. The first-order valence-electron chi connectivity index (χ1n) is 16.7. The maximum Gasteiger partial charge on any atom is 0.408 e. The zero-order valence-electron chi connectivity index (χ0n) is 29.6. The summed E-state index contributed by atoms with van der Waals surface area (Å²) in [6.07, 6.45) is 1.00. The fourth-order valence-electron chi connectivity index (χ4n) is 6.13. The molecule has 0 spiro atoms. The molecule has 1 aliphatic heterocycles. The van der Waals surface area contributed by atoms with Crippen molar-refractivity contribution in [2.75, 3.05) is 13.7 Å². The van der Waals surface area contributed by atoms with Crippen molar-refractivity contribution in [1.82, 2.24) is 25.2 Å². The Morgan fingerprint density at radius 3 is 2.36 bits per heavy atom. The number of carbonyl (C=O) groups is 4. The van der Waals surface area contributed by atoms with Gasteiger partial charge in [0.1, 0.15) is 29.3 Å². The van der Waals surface area contributed by atoms with Crippen molar-refractivity contribution in [2.24, 2.45) is 11.3 Å². The third kappa shape index (κ3) is 7.98. The maximum absolute atomic E-state index is 14.4. The molecule has 4 amide bonds. The number of amides is 4. The SMILES string of the molecule is C=C[C@@H]1C[C@]1(NC(=O)[C@@H]1C[C@@H](Oc2nc(OC)cc3ccccc23)CN1C(=O)[C@@H](NC(=O)OC(C)(C)C)C(C)(C)C)C(=O)NS(=O)(=O)C1CC1. The summed E-state index contributed by atoms with van der Waals surface area (Å²) in [6.45, 7) is 14.1. The quantitative estimate of drug-likeness (QED) is 0.293. The van der Waals surface area contributed by atoms with Crippen LogP contribution in [0.15, 0.2) is 43.0 Å². The van der Waals surface area contributed by atoms with Crippen LogP contribution < -0.4 is 24.8 Å². The number of hydrogen-bond acceptors (Lipinski definition) is 10. The second-order valence-corrected chi connectivity index (χ2v) is 17.3. The van der Waals surface area contributed by atoms with Crippen LogP contribution in [0.1, 0.15) is 67.2 Å². The predicted molar refractivity (Wildman–Crippen MR) is 185 cm³/mol. The molecule has 1 aromatic carbocycles. The molecule has 272 valence electrons. The minimum Gasteiger partial charge on any atom is -0.481 e. The van der Waals surface area contributed by atoms with E-state index in [0.29, 0.717) is 24.1 Å². The van der Waals surface area contributed by atoms with Gasteiger partial charge in [0.05, 0.1) is 18.9 Å². The number of likely N-dealkylation sites (tertiary alicyclic amines) is 1. The summed E-state index contributed by atoms with van der Waals surface area (Å²) in [4.78, 5) is 60.8. The summed E-state index contributed by atoms with van der Waals surface area (Å²) in [5, 5.41) is 6.32. The number of fused-ring (bicyclic) bond motifs is 1. The Morgan fingerprint density at radius 1 is 1.10 bits per heavy atom. The van der Waals surface area contributed by atoms with E-state index in [2.05, 4.69) is 26.9 Å². The highest BCUT2D eigenvalue weighted by Crippen LogP contribution is 2.45. The first kappa shape index (κ1) is 36.9. The highest BCUT2D eigenvalue weighted by molar-refractivity contribution is 7.91. The van der Waals surface area contributed by atoms with Crippen molar-refractivity contribution in [3.63, 3.8) is 0 Å². The first-order chi connectivity index (χ1) is 23.3. The number of methoxy groups -OCH3 is 1. The molecule has 1 aromatic heterocycles. The van der Waals surface area contributed by atoms with Crippen LogP contribution in [-0.2, 0) is 29.1 Å². The minimum atomic E-state index is -3.90. The molecule has 3 aliphatic rings. The van der Waals surface area contributed by atoms with Gasteiger partial charge in [-0.1, -0.05) is 45.0 Å². The van der Waals surface area contributed by atoms with E-state index in [4.69, 9.17) is 14.2 Å². The Labute approximate surface area is 292 Å². The van der Waals surface area contributed by atoms with E-state index in [-0.39, 0.29) is 25.3 Å². The number of pyridine rings is 1. The van der Waals surface area contributed by atoms with E-state index >= 15 is 0 Å². The van der Waals surface area contributed by atoms with E-state index in [0.717, 1.165) is 5.39 Å². The smallest absolute Gasteiger partial charge is 0.408 e. The van der Waals surface area contributed by atoms with E-state index in [1.54, 1.807) is 47.6 Å². The van der Waals surface area contributed by atoms with E-state index in [1.807, 2.05) is 24.3 Å². The molecule has 2 aliphatic carbocycles. The van der Waals surface area contributed by atoms with Gasteiger partial charge in [-0.05, 0) is 56.9 Å².